The van der Waals surface area contributed by atoms with E-state index in [2.05, 4.69) is 6.07 Å². The summed E-state index contributed by atoms with van der Waals surface area (Å²) in [5.74, 6) is 0.841. The number of phenolic OH excluding ortho intramolecular Hbond substituents is 1. The third-order valence-electron chi connectivity index (χ3n) is 2.90. The molecule has 3 nitrogen and oxygen atoms in total. The Bertz CT molecular complexity index is 621. The van der Waals surface area contributed by atoms with Gasteiger partial charge in [-0.1, -0.05) is 6.07 Å². The number of benzene rings is 2. The van der Waals surface area contributed by atoms with Crippen LogP contribution in [0.3, 0.4) is 0 Å². The van der Waals surface area contributed by atoms with Gasteiger partial charge in [-0.3, -0.25) is 0 Å². The molecule has 0 radical (unpaired) electrons. The van der Waals surface area contributed by atoms with Crippen molar-refractivity contribution in [3.8, 4) is 17.6 Å². The van der Waals surface area contributed by atoms with Crippen LogP contribution in [0.5, 0.6) is 11.5 Å². The van der Waals surface area contributed by atoms with E-state index in [4.69, 9.17) is 10.00 Å². The van der Waals surface area contributed by atoms with Gasteiger partial charge in [-0.25, -0.2) is 0 Å². The predicted octanol–water partition coefficient (Wildman–Crippen LogP) is 3.46. The summed E-state index contributed by atoms with van der Waals surface area (Å²) >= 11 is 0. The maximum atomic E-state index is 9.50. The maximum Gasteiger partial charge on any atom is 0.123 e. The van der Waals surface area contributed by atoms with Gasteiger partial charge >= 0.3 is 0 Å². The molecule has 1 N–H and O–H groups in total. The lowest BCUT2D eigenvalue weighted by Gasteiger charge is -2.10. The van der Waals surface area contributed by atoms with Crippen molar-refractivity contribution in [2.45, 2.75) is 20.5 Å². The SMILES string of the molecule is Cc1cc(O)cc(OCc2ccc(C#N)cc2C)c1. The molecule has 3 heteroatoms. The van der Waals surface area contributed by atoms with E-state index in [1.807, 2.05) is 32.0 Å². The van der Waals surface area contributed by atoms with Gasteiger partial charge in [0.25, 0.3) is 0 Å². The van der Waals surface area contributed by atoms with E-state index in [1.165, 1.54) is 0 Å². The highest BCUT2D eigenvalue weighted by Crippen LogP contribution is 2.22. The Morgan fingerprint density at radius 1 is 1.16 bits per heavy atom. The van der Waals surface area contributed by atoms with Gasteiger partial charge in [0.1, 0.15) is 18.1 Å². The molecule has 0 unspecified atom stereocenters. The summed E-state index contributed by atoms with van der Waals surface area (Å²) < 4.78 is 5.67. The molecule has 19 heavy (non-hydrogen) atoms. The van der Waals surface area contributed by atoms with Gasteiger partial charge in [0.2, 0.25) is 0 Å². The standard InChI is InChI=1S/C16H15NO2/c1-11-5-15(18)8-16(6-11)19-10-14-4-3-13(9-17)7-12(14)2/h3-8,18H,10H2,1-2H3. The van der Waals surface area contributed by atoms with E-state index in [0.717, 1.165) is 16.7 Å². The molecule has 0 aliphatic rings. The first-order chi connectivity index (χ1) is 9.08. The highest BCUT2D eigenvalue weighted by Gasteiger charge is 2.03. The minimum atomic E-state index is 0.201. The van der Waals surface area contributed by atoms with Crippen molar-refractivity contribution >= 4 is 0 Å². The molecule has 2 aromatic carbocycles. The normalized spacial score (nSPS) is 9.95. The summed E-state index contributed by atoms with van der Waals surface area (Å²) in [6.45, 7) is 4.27. The van der Waals surface area contributed by atoms with Crippen LogP contribution in [0.2, 0.25) is 0 Å². The van der Waals surface area contributed by atoms with Crippen molar-refractivity contribution in [1.29, 1.82) is 5.26 Å². The Balaban J connectivity index is 2.12. The maximum absolute atomic E-state index is 9.50. The Kier molecular flexibility index (Phi) is 3.72. The first-order valence-corrected chi connectivity index (χ1v) is 6.01. The highest BCUT2D eigenvalue weighted by molar-refractivity contribution is 5.39. The quantitative estimate of drug-likeness (QED) is 0.911. The molecule has 96 valence electrons. The summed E-state index contributed by atoms with van der Waals surface area (Å²) in [5, 5.41) is 18.3. The highest BCUT2D eigenvalue weighted by atomic mass is 16.5. The number of hydrogen-bond donors (Lipinski definition) is 1. The van der Waals surface area contributed by atoms with Gasteiger partial charge in [-0.05, 0) is 54.8 Å². The van der Waals surface area contributed by atoms with E-state index in [-0.39, 0.29) is 5.75 Å². The van der Waals surface area contributed by atoms with Crippen molar-refractivity contribution in [3.63, 3.8) is 0 Å². The lowest BCUT2D eigenvalue weighted by Crippen LogP contribution is -1.98. The van der Waals surface area contributed by atoms with Crippen LogP contribution >= 0.6 is 0 Å². The number of nitriles is 1. The molecule has 0 bridgehead atoms. The van der Waals surface area contributed by atoms with Gasteiger partial charge in [0.05, 0.1) is 11.6 Å². The third kappa shape index (κ3) is 3.26. The summed E-state index contributed by atoms with van der Waals surface area (Å²) in [7, 11) is 0. The number of ether oxygens (including phenoxy) is 1. The third-order valence-corrected chi connectivity index (χ3v) is 2.90. The molecule has 0 spiro atoms. The number of nitrogens with zero attached hydrogens (tertiary/aromatic N) is 1. The Labute approximate surface area is 112 Å². The Morgan fingerprint density at radius 3 is 2.58 bits per heavy atom. The van der Waals surface area contributed by atoms with Crippen molar-refractivity contribution < 1.29 is 9.84 Å². The number of phenols is 1. The second-order valence-corrected chi connectivity index (χ2v) is 4.55. The molecule has 0 aliphatic heterocycles. The fourth-order valence-electron chi connectivity index (χ4n) is 1.90. The van der Waals surface area contributed by atoms with Crippen molar-refractivity contribution in [3.05, 3.63) is 58.7 Å². The topological polar surface area (TPSA) is 53.2 Å². The van der Waals surface area contributed by atoms with Gasteiger partial charge < -0.3 is 9.84 Å². The second kappa shape index (κ2) is 5.45. The molecule has 0 aromatic heterocycles. The number of aromatic hydroxyl groups is 1. The summed E-state index contributed by atoms with van der Waals surface area (Å²) in [6.07, 6.45) is 0. The van der Waals surface area contributed by atoms with Crippen molar-refractivity contribution in [2.24, 2.45) is 0 Å². The lowest BCUT2D eigenvalue weighted by atomic mass is 10.1. The van der Waals surface area contributed by atoms with E-state index in [1.54, 1.807) is 18.2 Å². The molecular weight excluding hydrogens is 238 g/mol. The van der Waals surface area contributed by atoms with E-state index >= 15 is 0 Å². The number of aryl methyl sites for hydroxylation is 2. The molecule has 0 fully saturated rings. The summed E-state index contributed by atoms with van der Waals surface area (Å²) in [6, 6.07) is 12.8. The fourth-order valence-corrected chi connectivity index (χ4v) is 1.90. The van der Waals surface area contributed by atoms with Gasteiger partial charge in [0, 0.05) is 6.07 Å². The Morgan fingerprint density at radius 2 is 1.95 bits per heavy atom. The van der Waals surface area contributed by atoms with Crippen LogP contribution in [0.1, 0.15) is 22.3 Å². The minimum Gasteiger partial charge on any atom is -0.508 e. The zero-order chi connectivity index (χ0) is 13.8. The lowest BCUT2D eigenvalue weighted by molar-refractivity contribution is 0.303. The molecule has 0 atom stereocenters. The van der Waals surface area contributed by atoms with Crippen molar-refractivity contribution in [2.75, 3.05) is 0 Å². The van der Waals surface area contributed by atoms with Gasteiger partial charge in [0.15, 0.2) is 0 Å². The first kappa shape index (κ1) is 13.0. The van der Waals surface area contributed by atoms with Crippen LogP contribution in [-0.4, -0.2) is 5.11 Å². The summed E-state index contributed by atoms with van der Waals surface area (Å²) in [5.41, 5.74) is 3.65. The molecule has 0 saturated carbocycles. The average Bonchev–Trinajstić information content (AvgIpc) is 2.36. The fraction of sp³-hybridized carbons (Fsp3) is 0.188. The van der Waals surface area contributed by atoms with Crippen LogP contribution in [-0.2, 0) is 6.61 Å². The molecule has 0 heterocycles. The zero-order valence-corrected chi connectivity index (χ0v) is 11.0. The van der Waals surface area contributed by atoms with Gasteiger partial charge in [-0.2, -0.15) is 5.26 Å². The first-order valence-electron chi connectivity index (χ1n) is 6.01. The molecule has 0 aliphatic carbocycles. The molecule has 2 rings (SSSR count). The molecule has 2 aromatic rings. The van der Waals surface area contributed by atoms with Crippen LogP contribution in [0.4, 0.5) is 0 Å². The predicted molar refractivity (Wildman–Crippen MR) is 73.1 cm³/mol. The zero-order valence-electron chi connectivity index (χ0n) is 11.0. The van der Waals surface area contributed by atoms with Crippen LogP contribution in [0.15, 0.2) is 36.4 Å². The largest absolute Gasteiger partial charge is 0.508 e. The molecule has 0 saturated heterocycles. The van der Waals surface area contributed by atoms with Crippen LogP contribution in [0.25, 0.3) is 0 Å². The van der Waals surface area contributed by atoms with Crippen LogP contribution < -0.4 is 4.74 Å². The molecular formula is C16H15NO2. The number of hydrogen-bond acceptors (Lipinski definition) is 3. The van der Waals surface area contributed by atoms with E-state index in [0.29, 0.717) is 17.9 Å². The van der Waals surface area contributed by atoms with Crippen molar-refractivity contribution in [1.82, 2.24) is 0 Å². The average molecular weight is 253 g/mol. The van der Waals surface area contributed by atoms with E-state index < -0.39 is 0 Å². The van der Waals surface area contributed by atoms with Crippen LogP contribution in [0, 0.1) is 25.2 Å². The smallest absolute Gasteiger partial charge is 0.123 e. The summed E-state index contributed by atoms with van der Waals surface area (Å²) in [4.78, 5) is 0. The number of rotatable bonds is 3. The Hall–Kier alpha value is -2.47. The monoisotopic (exact) mass is 253 g/mol. The second-order valence-electron chi connectivity index (χ2n) is 4.55. The van der Waals surface area contributed by atoms with E-state index in [9.17, 15) is 5.11 Å². The van der Waals surface area contributed by atoms with Gasteiger partial charge in [-0.15, -0.1) is 0 Å². The minimum absolute atomic E-state index is 0.201. The molecule has 0 amide bonds.